The highest BCUT2D eigenvalue weighted by Crippen LogP contribution is 2.21. The minimum Gasteiger partial charge on any atom is -0.379 e. The van der Waals surface area contributed by atoms with Crippen LogP contribution in [0.5, 0.6) is 0 Å². The molecule has 350 valence electrons. The van der Waals surface area contributed by atoms with E-state index in [0.717, 1.165) is 69.7 Å². The Labute approximate surface area is 362 Å². The van der Waals surface area contributed by atoms with Crippen molar-refractivity contribution in [2.24, 2.45) is 16.2 Å². The minimum absolute atomic E-state index is 0.283. The Morgan fingerprint density at radius 1 is 0.383 bits per heavy atom. The first kappa shape index (κ1) is 54.0. The average molecular weight is 856 g/mol. The van der Waals surface area contributed by atoms with Gasteiger partial charge in [0.1, 0.15) is 0 Å². The van der Waals surface area contributed by atoms with Crippen LogP contribution in [0.15, 0.2) is 12.4 Å². The Bertz CT molecular complexity index is 1200. The molecule has 0 spiro atoms. The second-order valence-electron chi connectivity index (χ2n) is 18.7. The Balaban J connectivity index is 1.52. The molecule has 0 aliphatic carbocycles. The maximum Gasteiger partial charge on any atom is 0.0827 e. The Morgan fingerprint density at radius 3 is 0.983 bits per heavy atom. The van der Waals surface area contributed by atoms with Crippen molar-refractivity contribution in [2.45, 2.75) is 108 Å². The summed E-state index contributed by atoms with van der Waals surface area (Å²) in [6.45, 7) is 33.8. The summed E-state index contributed by atoms with van der Waals surface area (Å²) in [7, 11) is 0. The fourth-order valence-corrected chi connectivity index (χ4v) is 5.37. The van der Waals surface area contributed by atoms with Crippen molar-refractivity contribution in [3.63, 3.8) is 0 Å². The SMILES string of the molecule is CC(C)(C)CCOCCOCCOCCN(CCOCCOCCOCCn1cc(CCC(C)(C)C)nn1)CCOCCOCCOCCn1cc(CCC(C)(C)C)nn1. The molecule has 2 rings (SSSR count). The summed E-state index contributed by atoms with van der Waals surface area (Å²) in [5.41, 5.74) is 2.91. The van der Waals surface area contributed by atoms with Crippen LogP contribution in [-0.4, -0.2) is 173 Å². The molecule has 0 fully saturated rings. The van der Waals surface area contributed by atoms with E-state index in [2.05, 4.69) is 87.8 Å². The molecule has 0 bridgehead atoms. The van der Waals surface area contributed by atoms with Crippen LogP contribution < -0.4 is 0 Å². The van der Waals surface area contributed by atoms with Crippen molar-refractivity contribution < 1.29 is 42.6 Å². The molecule has 0 atom stereocenters. The second-order valence-corrected chi connectivity index (χ2v) is 18.7. The highest BCUT2D eigenvalue weighted by molar-refractivity contribution is 4.94. The van der Waals surface area contributed by atoms with E-state index in [-0.39, 0.29) is 16.2 Å². The van der Waals surface area contributed by atoms with Gasteiger partial charge < -0.3 is 42.6 Å². The smallest absolute Gasteiger partial charge is 0.0827 e. The lowest BCUT2D eigenvalue weighted by Crippen LogP contribution is -2.34. The van der Waals surface area contributed by atoms with Crippen molar-refractivity contribution in [1.29, 1.82) is 0 Å². The van der Waals surface area contributed by atoms with Crippen LogP contribution in [0.3, 0.4) is 0 Å². The lowest BCUT2D eigenvalue weighted by atomic mass is 9.90. The van der Waals surface area contributed by atoms with Crippen LogP contribution in [0.2, 0.25) is 0 Å². The van der Waals surface area contributed by atoms with Crippen LogP contribution in [0, 0.1) is 16.2 Å². The van der Waals surface area contributed by atoms with E-state index in [0.29, 0.717) is 125 Å². The standard InChI is InChI=1S/C44H85N7O9/c1-42(2,3)12-10-40-38-50(47-45-40)18-24-56-30-36-59-34-28-54-22-16-49(15-21-53-27-33-58-32-26-52-20-14-44(7,8)9)17-23-55-29-35-60-37-31-57-25-19-51-39-41(46-48-51)11-13-43(4,5)6/h38-39H,10-37H2,1-9H3. The van der Waals surface area contributed by atoms with E-state index in [1.807, 2.05) is 21.8 Å². The lowest BCUT2D eigenvalue weighted by Gasteiger charge is -2.22. The third-order valence-corrected chi connectivity index (χ3v) is 9.25. The summed E-state index contributed by atoms with van der Waals surface area (Å²) in [6, 6.07) is 0. The highest BCUT2D eigenvalue weighted by Gasteiger charge is 2.13. The number of ether oxygens (including phenoxy) is 9. The molecule has 0 saturated heterocycles. The van der Waals surface area contributed by atoms with E-state index in [9.17, 15) is 0 Å². The first-order valence-corrected chi connectivity index (χ1v) is 22.4. The fraction of sp³-hybridized carbons (Fsp3) is 0.909. The third-order valence-electron chi connectivity index (χ3n) is 9.25. The van der Waals surface area contributed by atoms with E-state index in [1.165, 1.54) is 0 Å². The van der Waals surface area contributed by atoms with Crippen molar-refractivity contribution in [2.75, 3.05) is 139 Å². The first-order chi connectivity index (χ1) is 28.7. The molecule has 2 aromatic heterocycles. The normalized spacial score (nSPS) is 12.7. The summed E-state index contributed by atoms with van der Waals surface area (Å²) in [6.07, 6.45) is 9.09. The molecule has 0 aliphatic heterocycles. The largest absolute Gasteiger partial charge is 0.379 e. The van der Waals surface area contributed by atoms with E-state index in [4.69, 9.17) is 42.6 Å². The zero-order chi connectivity index (χ0) is 43.8. The van der Waals surface area contributed by atoms with Gasteiger partial charge in [0, 0.05) is 38.6 Å². The molecule has 0 aliphatic rings. The van der Waals surface area contributed by atoms with Crippen molar-refractivity contribution in [3.8, 4) is 0 Å². The molecule has 0 radical (unpaired) electrons. The summed E-state index contributed by atoms with van der Waals surface area (Å²) in [4.78, 5) is 2.29. The number of hydrogen-bond donors (Lipinski definition) is 0. The Morgan fingerprint density at radius 2 is 0.667 bits per heavy atom. The van der Waals surface area contributed by atoms with Gasteiger partial charge >= 0.3 is 0 Å². The topological polar surface area (TPSA) is 148 Å². The predicted octanol–water partition coefficient (Wildman–Crippen LogP) is 5.41. The number of aryl methyl sites for hydroxylation is 2. The first-order valence-electron chi connectivity index (χ1n) is 22.4. The lowest BCUT2D eigenvalue weighted by molar-refractivity contribution is -0.00720. The van der Waals surface area contributed by atoms with Crippen LogP contribution >= 0.6 is 0 Å². The minimum atomic E-state index is 0.283. The number of nitrogens with zero attached hydrogens (tertiary/aromatic N) is 7. The van der Waals surface area contributed by atoms with Gasteiger partial charge in [0.25, 0.3) is 0 Å². The molecule has 16 heteroatoms. The van der Waals surface area contributed by atoms with Gasteiger partial charge in [-0.25, -0.2) is 9.36 Å². The molecule has 2 heterocycles. The third kappa shape index (κ3) is 33.5. The van der Waals surface area contributed by atoms with E-state index >= 15 is 0 Å². The van der Waals surface area contributed by atoms with E-state index < -0.39 is 0 Å². The monoisotopic (exact) mass is 856 g/mol. The molecule has 0 unspecified atom stereocenters. The van der Waals surface area contributed by atoms with Gasteiger partial charge in [-0.15, -0.1) is 10.2 Å². The van der Waals surface area contributed by atoms with Gasteiger partial charge in [-0.3, -0.25) is 4.90 Å². The highest BCUT2D eigenvalue weighted by atomic mass is 16.6. The fourth-order valence-electron chi connectivity index (χ4n) is 5.37. The molecule has 0 N–H and O–H groups in total. The maximum absolute atomic E-state index is 5.88. The van der Waals surface area contributed by atoms with Gasteiger partial charge in [-0.2, -0.15) is 0 Å². The molecule has 2 aromatic rings. The molecule has 0 aromatic carbocycles. The Kier molecular flexibility index (Phi) is 29.3. The summed E-state index contributed by atoms with van der Waals surface area (Å²) in [5.74, 6) is 0. The van der Waals surface area contributed by atoms with Gasteiger partial charge in [0.15, 0.2) is 0 Å². The van der Waals surface area contributed by atoms with Crippen molar-refractivity contribution in [3.05, 3.63) is 23.8 Å². The average Bonchev–Trinajstić information content (AvgIpc) is 3.84. The van der Waals surface area contributed by atoms with Crippen LogP contribution in [-0.2, 0) is 68.6 Å². The second kappa shape index (κ2) is 32.5. The molecular weight excluding hydrogens is 771 g/mol. The molecule has 60 heavy (non-hydrogen) atoms. The molecule has 0 saturated carbocycles. The van der Waals surface area contributed by atoms with Gasteiger partial charge in [0.05, 0.1) is 137 Å². The van der Waals surface area contributed by atoms with Crippen molar-refractivity contribution >= 4 is 0 Å². The Hall–Kier alpha value is -2.12. The quantitative estimate of drug-likeness (QED) is 0.0789. The number of hydrogen-bond acceptors (Lipinski definition) is 14. The zero-order valence-electron chi connectivity index (χ0n) is 39.3. The summed E-state index contributed by atoms with van der Waals surface area (Å²) in [5, 5.41) is 17.0. The maximum atomic E-state index is 5.88. The summed E-state index contributed by atoms with van der Waals surface area (Å²) < 4.78 is 55.5. The van der Waals surface area contributed by atoms with Crippen LogP contribution in [0.1, 0.15) is 93.0 Å². The van der Waals surface area contributed by atoms with Gasteiger partial charge in [0.2, 0.25) is 0 Å². The summed E-state index contributed by atoms with van der Waals surface area (Å²) >= 11 is 0. The predicted molar refractivity (Wildman–Crippen MR) is 233 cm³/mol. The van der Waals surface area contributed by atoms with Crippen LogP contribution in [0.4, 0.5) is 0 Å². The van der Waals surface area contributed by atoms with Crippen molar-refractivity contribution in [1.82, 2.24) is 34.9 Å². The van der Waals surface area contributed by atoms with Gasteiger partial charge in [-0.05, 0) is 48.3 Å². The molecule has 16 nitrogen and oxygen atoms in total. The molecule has 0 amide bonds. The molecular formula is C44H85N7O9. The number of rotatable bonds is 39. The van der Waals surface area contributed by atoms with Crippen LogP contribution in [0.25, 0.3) is 0 Å². The van der Waals surface area contributed by atoms with E-state index in [1.54, 1.807) is 0 Å². The zero-order valence-corrected chi connectivity index (χ0v) is 39.3. The number of aromatic nitrogens is 6. The van der Waals surface area contributed by atoms with Gasteiger partial charge in [-0.1, -0.05) is 72.7 Å².